The zero-order valence-electron chi connectivity index (χ0n) is 14.7. The standard InChI is InChI=1S/C18H20ClF3N2OS/c1-17(2,3)10-24(11-18(20,21)22)15(25)8-12-9-26-16(23-12)13-6-4-5-7-14(13)19/h4-7,9H,8,10-11H2,1-3H3. The monoisotopic (exact) mass is 404 g/mol. The van der Waals surface area contributed by atoms with Crippen molar-refractivity contribution in [1.82, 2.24) is 9.88 Å². The van der Waals surface area contributed by atoms with Crippen LogP contribution in [0.2, 0.25) is 5.02 Å². The lowest BCUT2D eigenvalue weighted by molar-refractivity contribution is -0.163. The highest BCUT2D eigenvalue weighted by Crippen LogP contribution is 2.30. The minimum atomic E-state index is -4.44. The highest BCUT2D eigenvalue weighted by molar-refractivity contribution is 7.13. The van der Waals surface area contributed by atoms with Gasteiger partial charge in [-0.2, -0.15) is 13.2 Å². The predicted octanol–water partition coefficient (Wildman–Crippen LogP) is 5.44. The molecule has 0 spiro atoms. The average Bonchev–Trinajstić information content (AvgIpc) is 2.92. The van der Waals surface area contributed by atoms with Crippen LogP contribution in [0, 0.1) is 5.41 Å². The van der Waals surface area contributed by atoms with Gasteiger partial charge in [0.25, 0.3) is 0 Å². The summed E-state index contributed by atoms with van der Waals surface area (Å²) in [4.78, 5) is 17.7. The van der Waals surface area contributed by atoms with E-state index < -0.39 is 24.0 Å². The van der Waals surface area contributed by atoms with Crippen molar-refractivity contribution in [3.63, 3.8) is 0 Å². The fourth-order valence-electron chi connectivity index (χ4n) is 2.43. The van der Waals surface area contributed by atoms with Crippen LogP contribution in [0.15, 0.2) is 29.6 Å². The molecule has 0 fully saturated rings. The summed E-state index contributed by atoms with van der Waals surface area (Å²) >= 11 is 7.44. The minimum Gasteiger partial charge on any atom is -0.333 e. The highest BCUT2D eigenvalue weighted by atomic mass is 35.5. The number of carbonyl (C=O) groups is 1. The molecule has 1 aromatic heterocycles. The molecule has 3 nitrogen and oxygen atoms in total. The molecule has 1 amide bonds. The van der Waals surface area contributed by atoms with Crippen LogP contribution in [0.5, 0.6) is 0 Å². The summed E-state index contributed by atoms with van der Waals surface area (Å²) < 4.78 is 38.5. The summed E-state index contributed by atoms with van der Waals surface area (Å²) in [6.07, 6.45) is -4.61. The zero-order valence-corrected chi connectivity index (χ0v) is 16.3. The third-order valence-corrected chi connectivity index (χ3v) is 4.63. The van der Waals surface area contributed by atoms with Gasteiger partial charge in [0.05, 0.1) is 17.1 Å². The molecule has 1 heterocycles. The van der Waals surface area contributed by atoms with Crippen molar-refractivity contribution in [3.05, 3.63) is 40.4 Å². The Labute approximate surface area is 159 Å². The lowest BCUT2D eigenvalue weighted by Gasteiger charge is -2.30. The number of nitrogens with zero attached hydrogens (tertiary/aromatic N) is 2. The SMILES string of the molecule is CC(C)(C)CN(CC(F)(F)F)C(=O)Cc1csc(-c2ccccc2Cl)n1. The smallest absolute Gasteiger partial charge is 0.333 e. The van der Waals surface area contributed by atoms with E-state index >= 15 is 0 Å². The van der Waals surface area contributed by atoms with Crippen molar-refractivity contribution in [2.24, 2.45) is 5.41 Å². The first-order chi connectivity index (χ1) is 11.9. The topological polar surface area (TPSA) is 33.2 Å². The molecule has 0 saturated carbocycles. The molecule has 26 heavy (non-hydrogen) atoms. The van der Waals surface area contributed by atoms with E-state index in [0.717, 1.165) is 10.5 Å². The van der Waals surface area contributed by atoms with Crippen LogP contribution in [0.4, 0.5) is 13.2 Å². The van der Waals surface area contributed by atoms with Crippen LogP contribution in [-0.4, -0.2) is 35.1 Å². The van der Waals surface area contributed by atoms with E-state index in [9.17, 15) is 18.0 Å². The lowest BCUT2D eigenvalue weighted by Crippen LogP contribution is -2.44. The van der Waals surface area contributed by atoms with Crippen molar-refractivity contribution in [2.75, 3.05) is 13.1 Å². The van der Waals surface area contributed by atoms with Crippen LogP contribution < -0.4 is 0 Å². The molecular formula is C18H20ClF3N2OS. The van der Waals surface area contributed by atoms with E-state index in [1.54, 1.807) is 38.3 Å². The fraction of sp³-hybridized carbons (Fsp3) is 0.444. The number of thiazole rings is 1. The number of carbonyl (C=O) groups excluding carboxylic acids is 1. The molecule has 0 aliphatic carbocycles. The Morgan fingerprint density at radius 3 is 2.42 bits per heavy atom. The number of hydrogen-bond acceptors (Lipinski definition) is 3. The molecule has 1 aromatic carbocycles. The Morgan fingerprint density at radius 1 is 1.19 bits per heavy atom. The summed E-state index contributed by atoms with van der Waals surface area (Å²) in [5, 5.41) is 2.85. The summed E-state index contributed by atoms with van der Waals surface area (Å²) in [5.74, 6) is -0.590. The van der Waals surface area contributed by atoms with Gasteiger partial charge in [0.1, 0.15) is 11.6 Å². The van der Waals surface area contributed by atoms with Gasteiger partial charge in [-0.15, -0.1) is 11.3 Å². The Hall–Kier alpha value is -1.60. The molecule has 0 aliphatic heterocycles. The molecule has 142 valence electrons. The molecule has 0 unspecified atom stereocenters. The third kappa shape index (κ3) is 6.29. The highest BCUT2D eigenvalue weighted by Gasteiger charge is 2.34. The molecule has 0 saturated heterocycles. The first-order valence-electron chi connectivity index (χ1n) is 7.98. The first kappa shape index (κ1) is 20.7. The molecule has 0 N–H and O–H groups in total. The van der Waals surface area contributed by atoms with E-state index in [0.29, 0.717) is 15.7 Å². The van der Waals surface area contributed by atoms with Crippen LogP contribution in [0.25, 0.3) is 10.6 Å². The van der Waals surface area contributed by atoms with Gasteiger partial charge in [0.15, 0.2) is 0 Å². The largest absolute Gasteiger partial charge is 0.406 e. The maximum Gasteiger partial charge on any atom is 0.406 e. The van der Waals surface area contributed by atoms with E-state index in [1.165, 1.54) is 11.3 Å². The maximum absolute atomic E-state index is 12.8. The van der Waals surface area contributed by atoms with Crippen molar-refractivity contribution in [2.45, 2.75) is 33.4 Å². The van der Waals surface area contributed by atoms with Crippen molar-refractivity contribution >= 4 is 28.8 Å². The third-order valence-electron chi connectivity index (χ3n) is 3.38. The molecule has 2 aromatic rings. The normalized spacial score (nSPS) is 12.3. The molecule has 0 bridgehead atoms. The van der Waals surface area contributed by atoms with Gasteiger partial charge in [-0.3, -0.25) is 4.79 Å². The Morgan fingerprint density at radius 2 is 1.85 bits per heavy atom. The van der Waals surface area contributed by atoms with Crippen LogP contribution >= 0.6 is 22.9 Å². The van der Waals surface area contributed by atoms with Crippen LogP contribution in [0.3, 0.4) is 0 Å². The Balaban J connectivity index is 2.15. The molecule has 0 aliphatic rings. The zero-order chi connectivity index (χ0) is 19.5. The molecule has 8 heteroatoms. The van der Waals surface area contributed by atoms with E-state index in [1.807, 2.05) is 12.1 Å². The molecule has 2 rings (SSSR count). The van der Waals surface area contributed by atoms with E-state index in [-0.39, 0.29) is 13.0 Å². The van der Waals surface area contributed by atoms with Crippen molar-refractivity contribution in [3.8, 4) is 10.6 Å². The summed E-state index contributed by atoms with van der Waals surface area (Å²) in [7, 11) is 0. The van der Waals surface area contributed by atoms with E-state index in [4.69, 9.17) is 11.6 Å². The van der Waals surface area contributed by atoms with Gasteiger partial charge < -0.3 is 4.90 Å². The quantitative estimate of drug-likeness (QED) is 0.664. The number of aromatic nitrogens is 1. The fourth-order valence-corrected chi connectivity index (χ4v) is 3.57. The predicted molar refractivity (Wildman–Crippen MR) is 98.4 cm³/mol. The Bertz CT molecular complexity index is 752. The second-order valence-corrected chi connectivity index (χ2v) is 8.49. The number of hydrogen-bond donors (Lipinski definition) is 0. The van der Waals surface area contributed by atoms with Gasteiger partial charge in [-0.1, -0.05) is 50.6 Å². The Kier molecular flexibility index (Phi) is 6.34. The maximum atomic E-state index is 12.8. The number of halogens is 4. The van der Waals surface area contributed by atoms with Crippen molar-refractivity contribution < 1.29 is 18.0 Å². The lowest BCUT2D eigenvalue weighted by atomic mass is 9.96. The number of alkyl halides is 3. The average molecular weight is 405 g/mol. The number of benzene rings is 1. The van der Waals surface area contributed by atoms with Crippen LogP contribution in [0.1, 0.15) is 26.5 Å². The minimum absolute atomic E-state index is 0.0207. The summed E-state index contributed by atoms with van der Waals surface area (Å²) in [6, 6.07) is 7.16. The van der Waals surface area contributed by atoms with Gasteiger partial charge in [-0.05, 0) is 11.5 Å². The second kappa shape index (κ2) is 7.96. The van der Waals surface area contributed by atoms with Crippen LogP contribution in [-0.2, 0) is 11.2 Å². The number of rotatable bonds is 5. The molecule has 0 atom stereocenters. The van der Waals surface area contributed by atoms with E-state index in [2.05, 4.69) is 4.98 Å². The van der Waals surface area contributed by atoms with Crippen molar-refractivity contribution in [1.29, 1.82) is 0 Å². The van der Waals surface area contributed by atoms with Gasteiger partial charge in [-0.25, -0.2) is 4.98 Å². The molecule has 0 radical (unpaired) electrons. The summed E-state index contributed by atoms with van der Waals surface area (Å²) in [6.45, 7) is 4.14. The van der Waals surface area contributed by atoms with Gasteiger partial charge in [0.2, 0.25) is 5.91 Å². The number of amides is 1. The first-order valence-corrected chi connectivity index (χ1v) is 9.24. The summed E-state index contributed by atoms with van der Waals surface area (Å²) in [5.41, 5.74) is 0.738. The van der Waals surface area contributed by atoms with Gasteiger partial charge >= 0.3 is 6.18 Å². The second-order valence-electron chi connectivity index (χ2n) is 7.23. The molecular weight excluding hydrogens is 385 g/mol. The van der Waals surface area contributed by atoms with Gasteiger partial charge in [0, 0.05) is 17.5 Å².